The minimum atomic E-state index is -0.265. The molecule has 5 nitrogen and oxygen atoms in total. The Morgan fingerprint density at radius 1 is 1.63 bits per heavy atom. The van der Waals surface area contributed by atoms with Crippen molar-refractivity contribution < 1.29 is 9.53 Å². The molecule has 1 fully saturated rings. The maximum absolute atomic E-state index is 12.0. The molecule has 1 aliphatic carbocycles. The molecule has 6 heteroatoms. The molecule has 0 aliphatic heterocycles. The highest BCUT2D eigenvalue weighted by Crippen LogP contribution is 2.24. The molecule has 102 valence electrons. The van der Waals surface area contributed by atoms with Crippen LogP contribution in [0.1, 0.15) is 30.3 Å². The third-order valence-electron chi connectivity index (χ3n) is 3.21. The average molecular weight is 279 g/mol. The Morgan fingerprint density at radius 3 is 3.21 bits per heavy atom. The van der Waals surface area contributed by atoms with Crippen molar-refractivity contribution in [1.82, 2.24) is 14.9 Å². The van der Waals surface area contributed by atoms with Gasteiger partial charge in [0.1, 0.15) is 16.0 Å². The van der Waals surface area contributed by atoms with E-state index >= 15 is 0 Å². The molecule has 0 saturated heterocycles. The molecule has 1 aliphatic rings. The first kappa shape index (κ1) is 12.6. The molecule has 0 aromatic carbocycles. The topological polar surface area (TPSA) is 56.1 Å². The maximum Gasteiger partial charge on any atom is 0.355 e. The van der Waals surface area contributed by atoms with Crippen LogP contribution in [0.25, 0.3) is 10.3 Å². The summed E-state index contributed by atoms with van der Waals surface area (Å²) in [5.74, 6) is -0.265. The zero-order chi connectivity index (χ0) is 13.2. The number of hydrogen-bond acceptors (Lipinski definition) is 5. The Balaban J connectivity index is 1.81. The third-order valence-corrected chi connectivity index (χ3v) is 4.08. The van der Waals surface area contributed by atoms with E-state index in [1.807, 2.05) is 23.1 Å². The van der Waals surface area contributed by atoms with E-state index in [1.165, 1.54) is 12.8 Å². The van der Waals surface area contributed by atoms with Crippen molar-refractivity contribution in [2.75, 3.05) is 13.2 Å². The van der Waals surface area contributed by atoms with Gasteiger partial charge >= 0.3 is 5.97 Å². The maximum atomic E-state index is 12.0. The summed E-state index contributed by atoms with van der Waals surface area (Å²) in [6.45, 7) is 3.86. The van der Waals surface area contributed by atoms with Gasteiger partial charge in [0, 0.05) is 19.1 Å². The van der Waals surface area contributed by atoms with Crippen LogP contribution in [0.4, 0.5) is 0 Å². The quantitative estimate of drug-likeness (QED) is 0.822. The van der Waals surface area contributed by atoms with Crippen LogP contribution in [0.2, 0.25) is 0 Å². The second kappa shape index (κ2) is 5.30. The lowest BCUT2D eigenvalue weighted by Gasteiger charge is -2.09. The van der Waals surface area contributed by atoms with E-state index in [0.717, 1.165) is 23.4 Å². The summed E-state index contributed by atoms with van der Waals surface area (Å²) in [4.78, 5) is 17.3. The molecule has 2 heterocycles. The summed E-state index contributed by atoms with van der Waals surface area (Å²) < 4.78 is 7.12. The lowest BCUT2D eigenvalue weighted by molar-refractivity contribution is 0.0514. The number of ether oxygens (including phenoxy) is 1. The molecule has 0 amide bonds. The molecule has 1 N–H and O–H groups in total. The fraction of sp³-hybridized carbons (Fsp3) is 0.538. The smallest absolute Gasteiger partial charge is 0.355 e. The summed E-state index contributed by atoms with van der Waals surface area (Å²) in [5, 5.41) is 3.46. The SMILES string of the molecule is CCOC(=O)c1cc2ncsc2n1CCNC1CC1. The zero-order valence-corrected chi connectivity index (χ0v) is 11.7. The van der Waals surface area contributed by atoms with Crippen molar-refractivity contribution >= 4 is 27.7 Å². The fourth-order valence-corrected chi connectivity index (χ4v) is 2.95. The van der Waals surface area contributed by atoms with Gasteiger partial charge in [0.15, 0.2) is 0 Å². The fourth-order valence-electron chi connectivity index (χ4n) is 2.13. The summed E-state index contributed by atoms with van der Waals surface area (Å²) in [6.07, 6.45) is 2.54. The number of esters is 1. The molecule has 1 saturated carbocycles. The molecular weight excluding hydrogens is 262 g/mol. The number of thiazole rings is 1. The van der Waals surface area contributed by atoms with Crippen LogP contribution in [0.15, 0.2) is 11.6 Å². The van der Waals surface area contributed by atoms with Gasteiger partial charge in [-0.25, -0.2) is 9.78 Å². The highest BCUT2D eigenvalue weighted by Gasteiger charge is 2.21. The largest absolute Gasteiger partial charge is 0.461 e. The standard InChI is InChI=1S/C13H17N3O2S/c1-2-18-13(17)11-7-10-12(19-8-15-10)16(11)6-5-14-9-3-4-9/h7-9,14H,2-6H2,1H3. The van der Waals surface area contributed by atoms with Crippen molar-refractivity contribution in [3.8, 4) is 0 Å². The van der Waals surface area contributed by atoms with Crippen molar-refractivity contribution in [3.63, 3.8) is 0 Å². The second-order valence-corrected chi connectivity index (χ2v) is 5.51. The third kappa shape index (κ3) is 2.64. The minimum Gasteiger partial charge on any atom is -0.461 e. The van der Waals surface area contributed by atoms with Crippen LogP contribution in [0, 0.1) is 0 Å². The van der Waals surface area contributed by atoms with Gasteiger partial charge in [-0.3, -0.25) is 0 Å². The number of carbonyl (C=O) groups is 1. The Labute approximate surface area is 115 Å². The van der Waals surface area contributed by atoms with E-state index < -0.39 is 0 Å². The number of carbonyl (C=O) groups excluding carboxylic acids is 1. The molecule has 0 unspecified atom stereocenters. The number of nitrogens with one attached hydrogen (secondary N) is 1. The molecule has 19 heavy (non-hydrogen) atoms. The van der Waals surface area contributed by atoms with E-state index in [9.17, 15) is 4.79 Å². The first-order valence-corrected chi connectivity index (χ1v) is 7.50. The molecule has 0 bridgehead atoms. The van der Waals surface area contributed by atoms with Gasteiger partial charge in [0.25, 0.3) is 0 Å². The van der Waals surface area contributed by atoms with Crippen LogP contribution in [0.3, 0.4) is 0 Å². The lowest BCUT2D eigenvalue weighted by Crippen LogP contribution is -2.23. The van der Waals surface area contributed by atoms with Crippen LogP contribution >= 0.6 is 11.3 Å². The normalized spacial score (nSPS) is 15.0. The Kier molecular flexibility index (Phi) is 3.52. The molecular formula is C13H17N3O2S. The van der Waals surface area contributed by atoms with Crippen molar-refractivity contribution in [1.29, 1.82) is 0 Å². The summed E-state index contributed by atoms with van der Waals surface area (Å²) in [5.41, 5.74) is 3.29. The highest BCUT2D eigenvalue weighted by molar-refractivity contribution is 7.16. The van der Waals surface area contributed by atoms with E-state index in [0.29, 0.717) is 18.3 Å². The minimum absolute atomic E-state index is 0.265. The van der Waals surface area contributed by atoms with Gasteiger partial charge in [0.2, 0.25) is 0 Å². The predicted octanol–water partition coefficient (Wildman–Crippen LogP) is 2.03. The van der Waals surface area contributed by atoms with Crippen LogP contribution in [-0.2, 0) is 11.3 Å². The number of hydrogen-bond donors (Lipinski definition) is 1. The zero-order valence-electron chi connectivity index (χ0n) is 10.9. The summed E-state index contributed by atoms with van der Waals surface area (Å²) in [6, 6.07) is 2.50. The van der Waals surface area contributed by atoms with Crippen molar-refractivity contribution in [2.24, 2.45) is 0 Å². The Bertz CT molecular complexity index is 586. The van der Waals surface area contributed by atoms with Crippen LogP contribution < -0.4 is 5.32 Å². The van der Waals surface area contributed by atoms with Gasteiger partial charge in [-0.15, -0.1) is 11.3 Å². The number of fused-ring (bicyclic) bond motifs is 1. The average Bonchev–Trinajstić information content (AvgIpc) is 2.98. The monoisotopic (exact) mass is 279 g/mol. The van der Waals surface area contributed by atoms with E-state index in [2.05, 4.69) is 10.3 Å². The van der Waals surface area contributed by atoms with E-state index in [-0.39, 0.29) is 5.97 Å². The number of rotatable bonds is 6. The van der Waals surface area contributed by atoms with Gasteiger partial charge < -0.3 is 14.6 Å². The van der Waals surface area contributed by atoms with E-state index in [1.54, 1.807) is 11.3 Å². The highest BCUT2D eigenvalue weighted by atomic mass is 32.1. The summed E-state index contributed by atoms with van der Waals surface area (Å²) in [7, 11) is 0. The molecule has 0 radical (unpaired) electrons. The number of nitrogens with zero attached hydrogens (tertiary/aromatic N) is 2. The predicted molar refractivity (Wildman–Crippen MR) is 74.6 cm³/mol. The Morgan fingerprint density at radius 2 is 2.47 bits per heavy atom. The first-order chi connectivity index (χ1) is 9.29. The lowest BCUT2D eigenvalue weighted by atomic mass is 10.4. The Hall–Kier alpha value is -1.40. The second-order valence-electron chi connectivity index (χ2n) is 4.67. The van der Waals surface area contributed by atoms with Crippen LogP contribution in [0.5, 0.6) is 0 Å². The van der Waals surface area contributed by atoms with Crippen molar-refractivity contribution in [3.05, 3.63) is 17.3 Å². The van der Waals surface area contributed by atoms with E-state index in [4.69, 9.17) is 4.74 Å². The van der Waals surface area contributed by atoms with Crippen LogP contribution in [-0.4, -0.2) is 34.7 Å². The molecule has 2 aromatic rings. The van der Waals surface area contributed by atoms with Gasteiger partial charge in [-0.2, -0.15) is 0 Å². The number of aromatic nitrogens is 2. The van der Waals surface area contributed by atoms with Crippen molar-refractivity contribution in [2.45, 2.75) is 32.4 Å². The molecule has 3 rings (SSSR count). The molecule has 2 aromatic heterocycles. The first-order valence-electron chi connectivity index (χ1n) is 6.63. The molecule has 0 spiro atoms. The van der Waals surface area contributed by atoms with Gasteiger partial charge in [0.05, 0.1) is 12.1 Å². The van der Waals surface area contributed by atoms with Gasteiger partial charge in [-0.05, 0) is 25.8 Å². The summed E-state index contributed by atoms with van der Waals surface area (Å²) >= 11 is 1.56. The van der Waals surface area contributed by atoms with Gasteiger partial charge in [-0.1, -0.05) is 0 Å². The molecule has 0 atom stereocenters.